The topological polar surface area (TPSA) is 184 Å². The molecular weight excluding hydrogens is 423 g/mol. The predicted molar refractivity (Wildman–Crippen MR) is 27.2 cm³/mol. The first-order valence-electron chi connectivity index (χ1n) is 1.88. The van der Waals surface area contributed by atoms with Gasteiger partial charge in [0.15, 0.2) is 0 Å². The zero-order valence-corrected chi connectivity index (χ0v) is 20.6. The van der Waals surface area contributed by atoms with E-state index in [1.54, 1.807) is 0 Å². The molecule has 9 nitrogen and oxygen atoms in total. The Hall–Kier alpha value is 2.43. The average molecular weight is 425 g/mol. The molecule has 0 saturated heterocycles. The largest absolute Gasteiger partial charge is 2.00 e. The Morgan fingerprint density at radius 3 is 0.800 bits per heavy atom. The maximum absolute atomic E-state index is 8.56. The molecule has 0 radical (unpaired) electrons. The first-order valence-corrected chi connectivity index (χ1v) is 1.88. The van der Waals surface area contributed by atoms with Gasteiger partial charge in [0, 0.05) is 0 Å². The Bertz CT molecular complexity index is 123. The third-order valence-electron chi connectivity index (χ3n) is 0. The van der Waals surface area contributed by atoms with Gasteiger partial charge in [-0.05, 0) is 12.3 Å². The van der Waals surface area contributed by atoms with Crippen LogP contribution in [0.4, 0.5) is 14.4 Å². The van der Waals surface area contributed by atoms with Crippen LogP contribution >= 0.6 is 0 Å². The van der Waals surface area contributed by atoms with Crippen LogP contribution in [-0.4, -0.2) is 51.7 Å². The SMILES string of the molecule is O=C(O)O.O=C([O-])[O-].O=C([O-])[O-].[Cs+].[Mg+2].[Rb+]. The van der Waals surface area contributed by atoms with Crippen molar-refractivity contribution in [3.63, 3.8) is 0 Å². The first kappa shape index (κ1) is 36.0. The number of rotatable bonds is 0. The summed E-state index contributed by atoms with van der Waals surface area (Å²) < 4.78 is 0. The Kier molecular flexibility index (Phi) is 71.9. The van der Waals surface area contributed by atoms with Crippen molar-refractivity contribution in [1.29, 1.82) is 0 Å². The standard InChI is InChI=1S/3CH2O3.Cs.Mg.Rb/c3*2-1(3)4;;;/h3*(H2,2,3,4);;;/q;;;+1;+2;+1/p-4. The molecule has 0 bridgehead atoms. The summed E-state index contributed by atoms with van der Waals surface area (Å²) in [6, 6.07) is 0. The molecule has 15 heavy (non-hydrogen) atoms. The van der Waals surface area contributed by atoms with Crippen LogP contribution in [0.2, 0.25) is 0 Å². The molecule has 0 aliphatic heterocycles. The monoisotopic (exact) mass is 424 g/mol. The van der Waals surface area contributed by atoms with E-state index in [9.17, 15) is 0 Å². The molecule has 0 saturated carbocycles. The molecular formula is C3H2CsMgO9Rb. The predicted octanol–water partition coefficient (Wildman–Crippen LogP) is -11.0. The van der Waals surface area contributed by atoms with Gasteiger partial charge in [0.25, 0.3) is 0 Å². The van der Waals surface area contributed by atoms with Gasteiger partial charge < -0.3 is 40.2 Å². The Labute approximate surface area is 208 Å². The van der Waals surface area contributed by atoms with Gasteiger partial charge in [0.05, 0.1) is 0 Å². The van der Waals surface area contributed by atoms with Gasteiger partial charge in [0.2, 0.25) is 0 Å². The van der Waals surface area contributed by atoms with E-state index in [0.29, 0.717) is 0 Å². The molecule has 72 valence electrons. The van der Waals surface area contributed by atoms with Crippen molar-refractivity contribution in [2.45, 2.75) is 0 Å². The summed E-state index contributed by atoms with van der Waals surface area (Å²) in [6.07, 6.45) is -6.50. The second kappa shape index (κ2) is 29.9. The van der Waals surface area contributed by atoms with Gasteiger partial charge in [-0.25, -0.2) is 4.79 Å². The van der Waals surface area contributed by atoms with E-state index in [4.69, 9.17) is 45.0 Å². The number of carbonyl (C=O) groups is 3. The van der Waals surface area contributed by atoms with Gasteiger partial charge >= 0.3 is 156 Å². The van der Waals surface area contributed by atoms with E-state index in [1.807, 2.05) is 0 Å². The number of carbonyl (C=O) groups excluding carboxylic acids is 2. The van der Waals surface area contributed by atoms with Crippen LogP contribution in [0, 0.1) is 0 Å². The van der Waals surface area contributed by atoms with Crippen LogP contribution in [0.1, 0.15) is 0 Å². The van der Waals surface area contributed by atoms with Crippen molar-refractivity contribution >= 4 is 41.5 Å². The van der Waals surface area contributed by atoms with Crippen molar-refractivity contribution < 1.29 is 172 Å². The van der Waals surface area contributed by atoms with Crippen LogP contribution in [0.25, 0.3) is 0 Å². The van der Waals surface area contributed by atoms with E-state index in [-0.39, 0.29) is 150 Å². The Balaban J connectivity index is -0.0000000184. The van der Waals surface area contributed by atoms with Crippen LogP contribution in [0.3, 0.4) is 0 Å². The molecule has 2 N–H and O–H groups in total. The van der Waals surface area contributed by atoms with E-state index in [2.05, 4.69) is 0 Å². The molecule has 0 amide bonds. The van der Waals surface area contributed by atoms with Crippen LogP contribution in [0.5, 0.6) is 0 Å². The van der Waals surface area contributed by atoms with Gasteiger partial charge in [0.1, 0.15) is 0 Å². The van der Waals surface area contributed by atoms with E-state index >= 15 is 0 Å². The molecule has 0 fully saturated rings. The molecule has 0 heterocycles. The minimum absolute atomic E-state index is 0. The van der Waals surface area contributed by atoms with Gasteiger partial charge in [-0.15, -0.1) is 0 Å². The molecule has 0 spiro atoms. The Morgan fingerprint density at radius 2 is 0.800 bits per heavy atom. The van der Waals surface area contributed by atoms with Crippen molar-refractivity contribution in [2.24, 2.45) is 0 Å². The smallest absolute Gasteiger partial charge is 0.652 e. The van der Waals surface area contributed by atoms with Gasteiger partial charge in [-0.2, -0.15) is 0 Å². The fraction of sp³-hybridized carbons (Fsp3) is 0. The summed E-state index contributed by atoms with van der Waals surface area (Å²) in [7, 11) is 0. The second-order valence-corrected chi connectivity index (χ2v) is 0.783. The van der Waals surface area contributed by atoms with E-state index in [1.165, 1.54) is 0 Å². The number of carboxylic acid groups (broad SMARTS) is 6. The van der Waals surface area contributed by atoms with Gasteiger partial charge in [-0.1, -0.05) is 0 Å². The Morgan fingerprint density at radius 1 is 0.800 bits per heavy atom. The minimum atomic E-state index is -2.33. The van der Waals surface area contributed by atoms with Crippen molar-refractivity contribution in [3.8, 4) is 0 Å². The van der Waals surface area contributed by atoms with Gasteiger partial charge in [-0.3, -0.25) is 0 Å². The summed E-state index contributed by atoms with van der Waals surface area (Å²) in [5.74, 6) is 0. The summed E-state index contributed by atoms with van der Waals surface area (Å²) >= 11 is 0. The molecule has 0 atom stereocenters. The zero-order chi connectivity index (χ0) is 10.7. The molecule has 0 aromatic carbocycles. The molecule has 0 aliphatic carbocycles. The number of hydrogen-bond acceptors (Lipinski definition) is 7. The van der Waals surface area contributed by atoms with Crippen LogP contribution in [-0.2, 0) is 0 Å². The maximum atomic E-state index is 8.56. The third-order valence-corrected chi connectivity index (χ3v) is 0. The summed E-state index contributed by atoms with van der Waals surface area (Å²) in [4.78, 5) is 25.2. The van der Waals surface area contributed by atoms with Crippen molar-refractivity contribution in [1.82, 2.24) is 0 Å². The van der Waals surface area contributed by atoms with Crippen molar-refractivity contribution in [3.05, 3.63) is 0 Å². The maximum Gasteiger partial charge on any atom is 2.00 e. The van der Waals surface area contributed by atoms with E-state index < -0.39 is 18.5 Å². The summed E-state index contributed by atoms with van der Waals surface area (Å²) in [5, 5.41) is 47.3. The average Bonchev–Trinajstić information content (AvgIpc) is 1.54. The molecule has 12 heteroatoms. The normalized spacial score (nSPS) is 4.80. The molecule has 0 aromatic heterocycles. The van der Waals surface area contributed by atoms with Crippen molar-refractivity contribution in [2.75, 3.05) is 0 Å². The number of hydrogen-bond donors (Lipinski definition) is 2. The fourth-order valence-corrected chi connectivity index (χ4v) is 0. The minimum Gasteiger partial charge on any atom is -0.652 e. The molecule has 0 rings (SSSR count). The zero-order valence-electron chi connectivity index (χ0n) is 7.96. The molecule has 0 aliphatic rings. The second-order valence-electron chi connectivity index (χ2n) is 0.783. The van der Waals surface area contributed by atoms with Crippen LogP contribution < -0.4 is 148 Å². The fourth-order valence-electron chi connectivity index (χ4n) is 0. The van der Waals surface area contributed by atoms with E-state index in [0.717, 1.165) is 0 Å². The van der Waals surface area contributed by atoms with Crippen LogP contribution in [0.15, 0.2) is 0 Å². The first-order chi connectivity index (χ1) is 5.20. The quantitative estimate of drug-likeness (QED) is 0.356. The summed E-state index contributed by atoms with van der Waals surface area (Å²) in [5.41, 5.74) is 0. The molecule has 0 aromatic rings. The molecule has 0 unspecified atom stereocenters. The third kappa shape index (κ3) is 578. The summed E-state index contributed by atoms with van der Waals surface area (Å²) in [6.45, 7) is 0.